The second kappa shape index (κ2) is 9.81. The van der Waals surface area contributed by atoms with E-state index >= 15 is 0 Å². The summed E-state index contributed by atoms with van der Waals surface area (Å²) in [5, 5.41) is 9.91. The molecule has 11 heteroatoms. The molecule has 2 aromatic carbocycles. The lowest BCUT2D eigenvalue weighted by Gasteiger charge is -2.17. The van der Waals surface area contributed by atoms with Crippen LogP contribution in [0, 0.1) is 0 Å². The predicted molar refractivity (Wildman–Crippen MR) is 108 cm³/mol. The molecule has 1 amide bonds. The third kappa shape index (κ3) is 5.63. The number of ether oxygens (including phenoxy) is 2. The molecule has 1 N–H and O–H groups in total. The molecule has 2 atom stereocenters. The summed E-state index contributed by atoms with van der Waals surface area (Å²) in [7, 11) is 0. The Hall–Kier alpha value is -3.23. The minimum absolute atomic E-state index is 0.133. The van der Waals surface area contributed by atoms with Gasteiger partial charge in [-0.3, -0.25) is 0 Å². The molecule has 1 aliphatic rings. The molecule has 3 rings (SSSR count). The average Bonchev–Trinajstić information content (AvgIpc) is 3.07. The lowest BCUT2D eigenvalue weighted by atomic mass is 10.0. The zero-order valence-corrected chi connectivity index (χ0v) is 16.7. The van der Waals surface area contributed by atoms with Crippen LogP contribution >= 0.6 is 15.9 Å². The number of hydrogen-bond acceptors (Lipinski definition) is 5. The molecule has 1 heterocycles. The van der Waals surface area contributed by atoms with E-state index in [0.717, 1.165) is 15.6 Å². The summed E-state index contributed by atoms with van der Waals surface area (Å²) in [6.07, 6.45) is -0.972. The largest absolute Gasteiger partial charge is 0.441 e. The maximum absolute atomic E-state index is 11.7. The van der Waals surface area contributed by atoms with Gasteiger partial charge in [0.1, 0.15) is 0 Å². The zero-order valence-electron chi connectivity index (χ0n) is 15.1. The number of benzene rings is 2. The van der Waals surface area contributed by atoms with Crippen molar-refractivity contribution in [2.45, 2.75) is 25.3 Å². The minimum atomic E-state index is -0.492. The van der Waals surface area contributed by atoms with Gasteiger partial charge in [-0.05, 0) is 52.0 Å². The van der Waals surface area contributed by atoms with Crippen molar-refractivity contribution in [3.63, 3.8) is 0 Å². The normalized spacial score (nSPS) is 17.6. The highest BCUT2D eigenvalue weighted by Crippen LogP contribution is 2.27. The van der Waals surface area contributed by atoms with Gasteiger partial charge in [0.15, 0.2) is 6.10 Å². The number of carbonyl (C=O) groups is 1. The van der Waals surface area contributed by atoms with Crippen LogP contribution in [0.15, 0.2) is 57.2 Å². The van der Waals surface area contributed by atoms with E-state index in [2.05, 4.69) is 41.3 Å². The number of nitrogens with one attached hydrogen (secondary N) is 1. The van der Waals surface area contributed by atoms with E-state index in [1.165, 1.54) is 0 Å². The first-order chi connectivity index (χ1) is 14.1. The highest BCUT2D eigenvalue weighted by Gasteiger charge is 2.35. The number of carbonyl (C=O) groups excluding carboxylic acids is 1. The van der Waals surface area contributed by atoms with Crippen LogP contribution in [0.5, 0.6) is 0 Å². The molecule has 10 nitrogen and oxygen atoms in total. The molecule has 1 aliphatic heterocycles. The highest BCUT2D eigenvalue weighted by atomic mass is 79.9. The van der Waals surface area contributed by atoms with Gasteiger partial charge in [0.05, 0.1) is 25.8 Å². The van der Waals surface area contributed by atoms with Crippen LogP contribution in [-0.4, -0.2) is 18.8 Å². The standard InChI is InChI=1S/C18H16BrN7O3/c19-14-3-1-13(2-4-14)17-16(29-18(27)23-17)10-28-9-12-5-11(8-22-25-20)6-15(7-12)24-26-21/h1-7,16-17H,8-10H2,(H,23,27)/t16-,17+/m0/s1. The Kier molecular flexibility index (Phi) is 6.94. The quantitative estimate of drug-likeness (QED) is 0.314. The van der Waals surface area contributed by atoms with E-state index in [1.807, 2.05) is 24.3 Å². The van der Waals surface area contributed by atoms with Gasteiger partial charge in [0, 0.05) is 20.0 Å². The Bertz CT molecular complexity index is 985. The Labute approximate surface area is 174 Å². The van der Waals surface area contributed by atoms with E-state index in [9.17, 15) is 4.79 Å². The summed E-state index contributed by atoms with van der Waals surface area (Å²) in [5.74, 6) is 0. The molecule has 148 valence electrons. The molecular formula is C18H16BrN7O3. The SMILES string of the molecule is [N-]=[N+]=NCc1cc(COC[C@@H]2OC(=O)N[C@@H]2c2ccc(Br)cc2)cc(N=[N+]=[N-])c1. The molecule has 0 unspecified atom stereocenters. The van der Waals surface area contributed by atoms with E-state index in [-0.39, 0.29) is 25.8 Å². The van der Waals surface area contributed by atoms with E-state index in [1.54, 1.807) is 18.2 Å². The fourth-order valence-corrected chi connectivity index (χ4v) is 3.26. The first-order valence-electron chi connectivity index (χ1n) is 8.58. The van der Waals surface area contributed by atoms with Gasteiger partial charge < -0.3 is 14.8 Å². The molecule has 0 aliphatic carbocycles. The van der Waals surface area contributed by atoms with Gasteiger partial charge in [-0.1, -0.05) is 44.4 Å². The monoisotopic (exact) mass is 457 g/mol. The van der Waals surface area contributed by atoms with Crippen LogP contribution in [0.1, 0.15) is 22.7 Å². The van der Waals surface area contributed by atoms with Gasteiger partial charge in [-0.2, -0.15) is 0 Å². The van der Waals surface area contributed by atoms with E-state index in [0.29, 0.717) is 11.3 Å². The van der Waals surface area contributed by atoms with Gasteiger partial charge in [0.25, 0.3) is 0 Å². The molecule has 1 fully saturated rings. The summed E-state index contributed by atoms with van der Waals surface area (Å²) in [6, 6.07) is 12.4. The predicted octanol–water partition coefficient (Wildman–Crippen LogP) is 5.57. The molecular weight excluding hydrogens is 442 g/mol. The fraction of sp³-hybridized carbons (Fsp3) is 0.278. The number of hydrogen-bond donors (Lipinski definition) is 1. The average molecular weight is 458 g/mol. The van der Waals surface area contributed by atoms with Crippen molar-refractivity contribution in [3.05, 3.63) is 84.5 Å². The van der Waals surface area contributed by atoms with Gasteiger partial charge in [-0.15, -0.1) is 0 Å². The smallest absolute Gasteiger partial charge is 0.408 e. The van der Waals surface area contributed by atoms with Crippen LogP contribution in [0.4, 0.5) is 10.5 Å². The minimum Gasteiger partial charge on any atom is -0.441 e. The van der Waals surface area contributed by atoms with Crippen molar-refractivity contribution in [1.82, 2.24) is 5.32 Å². The topological polar surface area (TPSA) is 145 Å². The first-order valence-corrected chi connectivity index (χ1v) is 9.37. The third-order valence-corrected chi connectivity index (χ3v) is 4.73. The van der Waals surface area contributed by atoms with Gasteiger partial charge >= 0.3 is 6.09 Å². The molecule has 2 aromatic rings. The zero-order chi connectivity index (χ0) is 20.6. The molecule has 1 saturated heterocycles. The van der Waals surface area contributed by atoms with Crippen molar-refractivity contribution >= 4 is 27.7 Å². The highest BCUT2D eigenvalue weighted by molar-refractivity contribution is 9.10. The molecule has 0 spiro atoms. The molecule has 0 radical (unpaired) electrons. The Morgan fingerprint density at radius 1 is 1.14 bits per heavy atom. The summed E-state index contributed by atoms with van der Waals surface area (Å²) < 4.78 is 12.0. The van der Waals surface area contributed by atoms with Crippen molar-refractivity contribution in [3.8, 4) is 0 Å². The van der Waals surface area contributed by atoms with Crippen LogP contribution < -0.4 is 5.32 Å². The number of nitrogens with zero attached hydrogens (tertiary/aromatic N) is 6. The Morgan fingerprint density at radius 2 is 1.90 bits per heavy atom. The summed E-state index contributed by atoms with van der Waals surface area (Å²) in [5.41, 5.74) is 19.9. The third-order valence-electron chi connectivity index (χ3n) is 4.20. The number of alkyl carbamates (subject to hydrolysis) is 1. The maximum Gasteiger partial charge on any atom is 0.408 e. The van der Waals surface area contributed by atoms with Gasteiger partial charge in [0.2, 0.25) is 0 Å². The van der Waals surface area contributed by atoms with Crippen molar-refractivity contribution in [1.29, 1.82) is 0 Å². The van der Waals surface area contributed by atoms with E-state index in [4.69, 9.17) is 20.5 Å². The Morgan fingerprint density at radius 3 is 2.62 bits per heavy atom. The van der Waals surface area contributed by atoms with E-state index < -0.39 is 12.2 Å². The lowest BCUT2D eigenvalue weighted by Crippen LogP contribution is -2.26. The number of cyclic esters (lactones) is 1. The molecule has 0 aromatic heterocycles. The van der Waals surface area contributed by atoms with Crippen molar-refractivity contribution < 1.29 is 14.3 Å². The van der Waals surface area contributed by atoms with Crippen LogP contribution in [0.2, 0.25) is 0 Å². The van der Waals surface area contributed by atoms with Crippen molar-refractivity contribution in [2.75, 3.05) is 6.61 Å². The molecule has 0 bridgehead atoms. The fourth-order valence-electron chi connectivity index (χ4n) is 2.99. The number of rotatable bonds is 8. The first kappa shape index (κ1) is 20.5. The van der Waals surface area contributed by atoms with Crippen molar-refractivity contribution in [2.24, 2.45) is 10.2 Å². The van der Waals surface area contributed by atoms with Crippen LogP contribution in [-0.2, 0) is 22.6 Å². The number of azide groups is 2. The maximum atomic E-state index is 11.7. The molecule has 0 saturated carbocycles. The lowest BCUT2D eigenvalue weighted by molar-refractivity contribution is 0.0271. The van der Waals surface area contributed by atoms with Crippen LogP contribution in [0.25, 0.3) is 20.9 Å². The number of halogens is 1. The second-order valence-corrected chi connectivity index (χ2v) is 7.13. The summed E-state index contributed by atoms with van der Waals surface area (Å²) >= 11 is 3.39. The van der Waals surface area contributed by atoms with Crippen LogP contribution in [0.3, 0.4) is 0 Å². The number of amides is 1. The summed E-state index contributed by atoms with van der Waals surface area (Å²) in [4.78, 5) is 17.2. The Balaban J connectivity index is 1.67. The second-order valence-electron chi connectivity index (χ2n) is 6.22. The summed E-state index contributed by atoms with van der Waals surface area (Å²) in [6.45, 7) is 0.518. The molecule has 29 heavy (non-hydrogen) atoms. The van der Waals surface area contributed by atoms with Gasteiger partial charge in [-0.25, -0.2) is 4.79 Å².